The van der Waals surface area contributed by atoms with Gasteiger partial charge in [0.2, 0.25) is 5.95 Å². The second kappa shape index (κ2) is 8.13. The Morgan fingerprint density at radius 2 is 2.04 bits per heavy atom. The number of hydrogen-bond donors (Lipinski definition) is 3. The normalized spacial score (nSPS) is 15.8. The average molecular weight is 344 g/mol. The first-order valence-electron chi connectivity index (χ1n) is 8.57. The van der Waals surface area contributed by atoms with Crippen LogP contribution in [0.1, 0.15) is 24.3 Å². The Bertz CT molecular complexity index is 704. The molecule has 0 amide bonds. The molecular formula is C18H24N4O3. The Kier molecular flexibility index (Phi) is 5.67. The third kappa shape index (κ3) is 4.58. The van der Waals surface area contributed by atoms with Gasteiger partial charge in [-0.15, -0.1) is 0 Å². The average Bonchev–Trinajstić information content (AvgIpc) is 2.66. The molecule has 0 saturated carbocycles. The summed E-state index contributed by atoms with van der Waals surface area (Å²) in [6.07, 6.45) is 0.0721. The summed E-state index contributed by atoms with van der Waals surface area (Å²) in [5, 5.41) is 23.0. The number of aryl methyl sites for hydroxylation is 1. The fourth-order valence-electron chi connectivity index (χ4n) is 2.71. The number of benzene rings is 1. The first-order valence-corrected chi connectivity index (χ1v) is 8.57. The summed E-state index contributed by atoms with van der Waals surface area (Å²) in [5.74, 6) is 1.52. The molecule has 1 atom stereocenters. The van der Waals surface area contributed by atoms with E-state index in [4.69, 9.17) is 4.74 Å². The molecule has 0 radical (unpaired) electrons. The molecule has 1 unspecified atom stereocenters. The maximum Gasteiger partial charge on any atom is 0.227 e. The first kappa shape index (κ1) is 17.4. The van der Waals surface area contributed by atoms with E-state index in [2.05, 4.69) is 27.1 Å². The SMILES string of the molecule is CCc1cc(NCC(O)c2cccc(O)c2)nc(N2CCOCC2)n1. The molecule has 1 fully saturated rings. The summed E-state index contributed by atoms with van der Waals surface area (Å²) in [7, 11) is 0. The van der Waals surface area contributed by atoms with E-state index >= 15 is 0 Å². The van der Waals surface area contributed by atoms with E-state index < -0.39 is 6.10 Å². The van der Waals surface area contributed by atoms with E-state index in [9.17, 15) is 10.2 Å². The largest absolute Gasteiger partial charge is 0.508 e. The smallest absolute Gasteiger partial charge is 0.227 e. The van der Waals surface area contributed by atoms with E-state index in [-0.39, 0.29) is 5.75 Å². The van der Waals surface area contributed by atoms with Crippen LogP contribution in [0.15, 0.2) is 30.3 Å². The van der Waals surface area contributed by atoms with Crippen molar-refractivity contribution in [2.24, 2.45) is 0 Å². The second-order valence-electron chi connectivity index (χ2n) is 5.99. The molecule has 25 heavy (non-hydrogen) atoms. The van der Waals surface area contributed by atoms with Crippen molar-refractivity contribution in [1.82, 2.24) is 9.97 Å². The predicted molar refractivity (Wildman–Crippen MR) is 96.0 cm³/mol. The fourth-order valence-corrected chi connectivity index (χ4v) is 2.71. The molecule has 1 aliphatic heterocycles. The van der Waals surface area contributed by atoms with Crippen LogP contribution in [0.4, 0.5) is 11.8 Å². The van der Waals surface area contributed by atoms with Crippen molar-refractivity contribution in [3.8, 4) is 5.75 Å². The quantitative estimate of drug-likeness (QED) is 0.735. The Labute approximate surface area is 147 Å². The number of phenols is 1. The van der Waals surface area contributed by atoms with Gasteiger partial charge >= 0.3 is 0 Å². The van der Waals surface area contributed by atoms with Gasteiger partial charge in [-0.05, 0) is 24.1 Å². The van der Waals surface area contributed by atoms with Crippen LogP contribution in [-0.4, -0.2) is 53.0 Å². The Morgan fingerprint density at radius 3 is 2.76 bits per heavy atom. The van der Waals surface area contributed by atoms with E-state index in [0.717, 1.165) is 25.2 Å². The zero-order valence-electron chi connectivity index (χ0n) is 14.4. The lowest BCUT2D eigenvalue weighted by Crippen LogP contribution is -2.37. The molecule has 2 heterocycles. The summed E-state index contributed by atoms with van der Waals surface area (Å²) < 4.78 is 5.38. The molecule has 7 heteroatoms. The van der Waals surface area contributed by atoms with Crippen LogP contribution >= 0.6 is 0 Å². The number of phenolic OH excluding ortho intramolecular Hbond substituents is 1. The highest BCUT2D eigenvalue weighted by Gasteiger charge is 2.16. The molecule has 0 spiro atoms. The Hall–Kier alpha value is -2.38. The number of nitrogens with zero attached hydrogens (tertiary/aromatic N) is 3. The molecule has 1 aromatic heterocycles. The van der Waals surface area contributed by atoms with Crippen LogP contribution in [0.25, 0.3) is 0 Å². The summed E-state index contributed by atoms with van der Waals surface area (Å²) in [6, 6.07) is 8.53. The maximum atomic E-state index is 10.3. The van der Waals surface area contributed by atoms with Crippen LogP contribution in [0, 0.1) is 0 Å². The van der Waals surface area contributed by atoms with Gasteiger partial charge in [0.05, 0.1) is 19.3 Å². The molecule has 3 rings (SSSR count). The predicted octanol–water partition coefficient (Wildman–Crippen LogP) is 1.73. The van der Waals surface area contributed by atoms with Gasteiger partial charge in [-0.1, -0.05) is 19.1 Å². The van der Waals surface area contributed by atoms with Gasteiger partial charge in [0.25, 0.3) is 0 Å². The van der Waals surface area contributed by atoms with Crippen molar-refractivity contribution in [3.63, 3.8) is 0 Å². The number of aliphatic hydroxyl groups excluding tert-OH is 1. The van der Waals surface area contributed by atoms with Gasteiger partial charge in [0, 0.05) is 31.4 Å². The molecule has 1 saturated heterocycles. The van der Waals surface area contributed by atoms with Crippen molar-refractivity contribution in [3.05, 3.63) is 41.6 Å². The Morgan fingerprint density at radius 1 is 1.24 bits per heavy atom. The van der Waals surface area contributed by atoms with Crippen molar-refractivity contribution in [2.75, 3.05) is 43.1 Å². The van der Waals surface area contributed by atoms with Crippen LogP contribution < -0.4 is 10.2 Å². The minimum atomic E-state index is -0.737. The van der Waals surface area contributed by atoms with Crippen LogP contribution in [-0.2, 0) is 11.2 Å². The molecule has 3 N–H and O–H groups in total. The van der Waals surface area contributed by atoms with E-state index in [1.165, 1.54) is 0 Å². The topological polar surface area (TPSA) is 90.7 Å². The van der Waals surface area contributed by atoms with Gasteiger partial charge in [0.15, 0.2) is 0 Å². The van der Waals surface area contributed by atoms with E-state index in [1.54, 1.807) is 24.3 Å². The number of aromatic hydroxyl groups is 1. The molecule has 0 aliphatic carbocycles. The second-order valence-corrected chi connectivity index (χ2v) is 5.99. The van der Waals surface area contributed by atoms with Gasteiger partial charge in [-0.25, -0.2) is 4.98 Å². The number of rotatable bonds is 6. The zero-order chi connectivity index (χ0) is 17.6. The first-order chi connectivity index (χ1) is 12.2. The standard InChI is InChI=1S/C18H24N4O3/c1-2-14-11-17(21-18(20-14)22-6-8-25-9-7-22)19-12-16(24)13-4-3-5-15(23)10-13/h3-5,10-11,16,23-24H,2,6-9,12H2,1H3,(H,19,20,21). The van der Waals surface area contributed by atoms with Crippen molar-refractivity contribution < 1.29 is 14.9 Å². The fraction of sp³-hybridized carbons (Fsp3) is 0.444. The van der Waals surface area contributed by atoms with Gasteiger partial charge in [-0.2, -0.15) is 4.98 Å². The summed E-state index contributed by atoms with van der Waals surface area (Å²) in [5.41, 5.74) is 1.61. The van der Waals surface area contributed by atoms with Crippen LogP contribution in [0.2, 0.25) is 0 Å². The minimum absolute atomic E-state index is 0.140. The molecule has 0 bridgehead atoms. The van der Waals surface area contributed by atoms with E-state index in [0.29, 0.717) is 37.1 Å². The van der Waals surface area contributed by atoms with E-state index in [1.807, 2.05) is 6.07 Å². The number of hydrogen-bond acceptors (Lipinski definition) is 7. The number of aliphatic hydroxyl groups is 1. The zero-order valence-corrected chi connectivity index (χ0v) is 14.4. The minimum Gasteiger partial charge on any atom is -0.508 e. The van der Waals surface area contributed by atoms with Crippen LogP contribution in [0.3, 0.4) is 0 Å². The van der Waals surface area contributed by atoms with Gasteiger partial charge < -0.3 is 25.2 Å². The lowest BCUT2D eigenvalue weighted by atomic mass is 10.1. The molecule has 134 valence electrons. The van der Waals surface area contributed by atoms with Gasteiger partial charge in [0.1, 0.15) is 11.6 Å². The number of anilines is 2. The highest BCUT2D eigenvalue weighted by atomic mass is 16.5. The maximum absolute atomic E-state index is 10.3. The summed E-state index contributed by atoms with van der Waals surface area (Å²) in [6.45, 7) is 5.26. The monoisotopic (exact) mass is 344 g/mol. The molecule has 2 aromatic rings. The lowest BCUT2D eigenvalue weighted by Gasteiger charge is -2.27. The molecule has 1 aromatic carbocycles. The lowest BCUT2D eigenvalue weighted by molar-refractivity contribution is 0.122. The highest BCUT2D eigenvalue weighted by molar-refractivity contribution is 5.44. The van der Waals surface area contributed by atoms with Crippen molar-refractivity contribution in [1.29, 1.82) is 0 Å². The highest BCUT2D eigenvalue weighted by Crippen LogP contribution is 2.20. The third-order valence-corrected chi connectivity index (χ3v) is 4.16. The third-order valence-electron chi connectivity index (χ3n) is 4.16. The molecule has 7 nitrogen and oxygen atoms in total. The van der Waals surface area contributed by atoms with Crippen molar-refractivity contribution >= 4 is 11.8 Å². The number of nitrogens with one attached hydrogen (secondary N) is 1. The van der Waals surface area contributed by atoms with Gasteiger partial charge in [-0.3, -0.25) is 0 Å². The van der Waals surface area contributed by atoms with Crippen LogP contribution in [0.5, 0.6) is 5.75 Å². The number of ether oxygens (including phenoxy) is 1. The Balaban J connectivity index is 1.70. The number of aromatic nitrogens is 2. The molecule has 1 aliphatic rings. The molecular weight excluding hydrogens is 320 g/mol. The summed E-state index contributed by atoms with van der Waals surface area (Å²) >= 11 is 0. The summed E-state index contributed by atoms with van der Waals surface area (Å²) in [4.78, 5) is 11.3. The number of morpholine rings is 1. The van der Waals surface area contributed by atoms with Crippen molar-refractivity contribution in [2.45, 2.75) is 19.4 Å².